The van der Waals surface area contributed by atoms with Crippen LogP contribution in [0.25, 0.3) is 5.69 Å². The molecule has 1 saturated heterocycles. The Kier molecular flexibility index (Phi) is 8.84. The molecule has 3 rings (SSSR count). The van der Waals surface area contributed by atoms with Gasteiger partial charge < -0.3 is 25.0 Å². The summed E-state index contributed by atoms with van der Waals surface area (Å²) in [6, 6.07) is 5.16. The molecular weight excluding hydrogens is 488 g/mol. The number of aromatic nitrogens is 2. The van der Waals surface area contributed by atoms with Crippen LogP contribution in [0.2, 0.25) is 0 Å². The molecule has 2 aromatic rings. The van der Waals surface area contributed by atoms with E-state index in [1.807, 2.05) is 13.0 Å². The van der Waals surface area contributed by atoms with Gasteiger partial charge in [0.1, 0.15) is 11.6 Å². The van der Waals surface area contributed by atoms with E-state index in [1.165, 1.54) is 6.07 Å². The number of halogens is 2. The summed E-state index contributed by atoms with van der Waals surface area (Å²) in [5.74, 6) is 1.08. The molecule has 0 bridgehead atoms. The highest BCUT2D eigenvalue weighted by atomic mass is 127. The van der Waals surface area contributed by atoms with Crippen LogP contribution in [-0.4, -0.2) is 54.0 Å². The minimum absolute atomic E-state index is 0. The van der Waals surface area contributed by atoms with E-state index in [4.69, 9.17) is 4.74 Å². The SMILES string of the molecule is CN=C(NCc1ccc(-n2ccnc2C)c(F)c1)NCC1(CCO)CCOC1.I. The smallest absolute Gasteiger partial charge is 0.191 e. The fourth-order valence-corrected chi connectivity index (χ4v) is 3.48. The van der Waals surface area contributed by atoms with Gasteiger partial charge in [0, 0.05) is 51.2 Å². The molecule has 1 unspecified atom stereocenters. The molecule has 3 N–H and O–H groups in total. The Bertz CT molecular complexity index is 821. The van der Waals surface area contributed by atoms with Gasteiger partial charge in [-0.05, 0) is 37.5 Å². The summed E-state index contributed by atoms with van der Waals surface area (Å²) in [5.41, 5.74) is 1.23. The molecule has 0 spiro atoms. The zero-order valence-corrected chi connectivity index (χ0v) is 19.2. The third-order valence-electron chi connectivity index (χ3n) is 5.24. The third kappa shape index (κ3) is 5.89. The predicted octanol–water partition coefficient (Wildman–Crippen LogP) is 2.39. The monoisotopic (exact) mass is 517 g/mol. The quantitative estimate of drug-likeness (QED) is 0.299. The zero-order valence-electron chi connectivity index (χ0n) is 16.8. The lowest BCUT2D eigenvalue weighted by Gasteiger charge is -2.27. The summed E-state index contributed by atoms with van der Waals surface area (Å²) < 4.78 is 21.8. The van der Waals surface area contributed by atoms with Crippen molar-refractivity contribution in [3.63, 3.8) is 0 Å². The second kappa shape index (κ2) is 10.9. The number of aliphatic hydroxyl groups excluding tert-OH is 1. The molecule has 0 aliphatic carbocycles. The minimum atomic E-state index is -0.298. The first-order chi connectivity index (χ1) is 13.6. The van der Waals surface area contributed by atoms with Gasteiger partial charge >= 0.3 is 0 Å². The average molecular weight is 517 g/mol. The number of imidazole rings is 1. The number of nitrogens with zero attached hydrogens (tertiary/aromatic N) is 3. The van der Waals surface area contributed by atoms with Crippen LogP contribution in [0.5, 0.6) is 0 Å². The van der Waals surface area contributed by atoms with Crippen molar-refractivity contribution in [2.45, 2.75) is 26.3 Å². The van der Waals surface area contributed by atoms with Crippen molar-refractivity contribution in [2.75, 3.05) is 33.4 Å². The lowest BCUT2D eigenvalue weighted by atomic mass is 9.84. The average Bonchev–Trinajstić information content (AvgIpc) is 3.32. The Balaban J connectivity index is 0.00000300. The summed E-state index contributed by atoms with van der Waals surface area (Å²) in [6.07, 6.45) is 5.00. The first-order valence-corrected chi connectivity index (χ1v) is 9.49. The Labute approximate surface area is 187 Å². The Morgan fingerprint density at radius 3 is 2.83 bits per heavy atom. The Morgan fingerprint density at radius 2 is 2.24 bits per heavy atom. The maximum atomic E-state index is 14.5. The fraction of sp³-hybridized carbons (Fsp3) is 0.500. The van der Waals surface area contributed by atoms with E-state index in [0.717, 1.165) is 24.4 Å². The van der Waals surface area contributed by atoms with Crippen molar-refractivity contribution < 1.29 is 14.2 Å². The number of benzene rings is 1. The van der Waals surface area contributed by atoms with Crippen molar-refractivity contribution in [1.82, 2.24) is 20.2 Å². The third-order valence-corrected chi connectivity index (χ3v) is 5.24. The van der Waals surface area contributed by atoms with Crippen molar-refractivity contribution in [2.24, 2.45) is 10.4 Å². The first-order valence-electron chi connectivity index (χ1n) is 9.49. The van der Waals surface area contributed by atoms with Gasteiger partial charge in [0.05, 0.1) is 12.3 Å². The number of guanidine groups is 1. The molecule has 7 nitrogen and oxygen atoms in total. The van der Waals surface area contributed by atoms with Crippen molar-refractivity contribution >= 4 is 29.9 Å². The van der Waals surface area contributed by atoms with E-state index in [-0.39, 0.29) is 41.8 Å². The standard InChI is InChI=1S/C20H28FN5O2.HI/c1-15-23-7-8-26(15)18-4-3-16(11-17(18)21)12-24-19(22-2)25-13-20(5-9-27)6-10-28-14-20;/h3-4,7-8,11,27H,5-6,9-10,12-14H2,1-2H3,(H2,22,24,25);1H. The van der Waals surface area contributed by atoms with E-state index in [2.05, 4.69) is 20.6 Å². The molecule has 1 fully saturated rings. The fourth-order valence-electron chi connectivity index (χ4n) is 3.48. The molecule has 1 atom stereocenters. The van der Waals surface area contributed by atoms with Crippen LogP contribution in [0.15, 0.2) is 35.6 Å². The molecule has 160 valence electrons. The van der Waals surface area contributed by atoms with Crippen LogP contribution >= 0.6 is 24.0 Å². The van der Waals surface area contributed by atoms with Gasteiger partial charge in [0.25, 0.3) is 0 Å². The zero-order chi connectivity index (χ0) is 20.0. The van der Waals surface area contributed by atoms with Crippen molar-refractivity contribution in [1.29, 1.82) is 0 Å². The summed E-state index contributed by atoms with van der Waals surface area (Å²) in [6.45, 7) is 4.44. The van der Waals surface area contributed by atoms with Gasteiger partial charge in [-0.25, -0.2) is 9.37 Å². The van der Waals surface area contributed by atoms with E-state index >= 15 is 0 Å². The second-order valence-electron chi connectivity index (χ2n) is 7.19. The molecule has 1 aliphatic heterocycles. The number of aryl methyl sites for hydroxylation is 1. The lowest BCUT2D eigenvalue weighted by Crippen LogP contribution is -2.44. The largest absolute Gasteiger partial charge is 0.396 e. The topological polar surface area (TPSA) is 83.7 Å². The minimum Gasteiger partial charge on any atom is -0.396 e. The van der Waals surface area contributed by atoms with Crippen LogP contribution in [0.1, 0.15) is 24.2 Å². The van der Waals surface area contributed by atoms with Gasteiger partial charge in [-0.2, -0.15) is 0 Å². The number of ether oxygens (including phenoxy) is 1. The number of nitrogens with one attached hydrogen (secondary N) is 2. The maximum Gasteiger partial charge on any atom is 0.191 e. The van der Waals surface area contributed by atoms with Gasteiger partial charge in [-0.15, -0.1) is 24.0 Å². The van der Waals surface area contributed by atoms with Crippen molar-refractivity contribution in [3.05, 3.63) is 47.8 Å². The molecule has 1 aromatic carbocycles. The van der Waals surface area contributed by atoms with Crippen LogP contribution in [0.4, 0.5) is 4.39 Å². The number of rotatable bonds is 7. The highest BCUT2D eigenvalue weighted by molar-refractivity contribution is 14.0. The summed E-state index contributed by atoms with van der Waals surface area (Å²) in [5, 5.41) is 15.8. The highest BCUT2D eigenvalue weighted by Gasteiger charge is 2.34. The van der Waals surface area contributed by atoms with Gasteiger partial charge in [-0.3, -0.25) is 4.99 Å². The van der Waals surface area contributed by atoms with Crippen LogP contribution in [0, 0.1) is 18.2 Å². The lowest BCUT2D eigenvalue weighted by molar-refractivity contribution is 0.127. The summed E-state index contributed by atoms with van der Waals surface area (Å²) in [7, 11) is 1.70. The molecule has 1 aliphatic rings. The van der Waals surface area contributed by atoms with Gasteiger partial charge in [-0.1, -0.05) is 6.07 Å². The predicted molar refractivity (Wildman–Crippen MR) is 121 cm³/mol. The summed E-state index contributed by atoms with van der Waals surface area (Å²) >= 11 is 0. The van der Waals surface area contributed by atoms with Gasteiger partial charge in [0.15, 0.2) is 5.96 Å². The molecular formula is C20H29FIN5O2. The number of hydrogen-bond donors (Lipinski definition) is 3. The molecule has 0 amide bonds. The Hall–Kier alpha value is -1.72. The normalized spacial score (nSPS) is 19.1. The first kappa shape index (κ1) is 23.6. The van der Waals surface area contributed by atoms with Crippen LogP contribution in [0.3, 0.4) is 0 Å². The van der Waals surface area contributed by atoms with Gasteiger partial charge in [0.2, 0.25) is 0 Å². The maximum absolute atomic E-state index is 14.5. The van der Waals surface area contributed by atoms with Crippen LogP contribution in [-0.2, 0) is 11.3 Å². The van der Waals surface area contributed by atoms with E-state index in [0.29, 0.717) is 37.8 Å². The molecule has 29 heavy (non-hydrogen) atoms. The van der Waals surface area contributed by atoms with Crippen LogP contribution < -0.4 is 10.6 Å². The van der Waals surface area contributed by atoms with E-state index < -0.39 is 0 Å². The highest BCUT2D eigenvalue weighted by Crippen LogP contribution is 2.31. The number of aliphatic imine (C=N–C) groups is 1. The van der Waals surface area contributed by atoms with E-state index in [1.54, 1.807) is 30.1 Å². The van der Waals surface area contributed by atoms with Crippen molar-refractivity contribution in [3.8, 4) is 5.69 Å². The number of aliphatic hydroxyl groups is 1. The molecule has 1 aromatic heterocycles. The molecule has 2 heterocycles. The molecule has 9 heteroatoms. The number of hydrogen-bond acceptors (Lipinski definition) is 4. The summed E-state index contributed by atoms with van der Waals surface area (Å²) in [4.78, 5) is 8.37. The van der Waals surface area contributed by atoms with E-state index in [9.17, 15) is 9.50 Å². The second-order valence-corrected chi connectivity index (χ2v) is 7.19. The molecule has 0 radical (unpaired) electrons. The Morgan fingerprint density at radius 1 is 1.41 bits per heavy atom. The molecule has 0 saturated carbocycles.